The molecule has 2 aromatic rings. The SMILES string of the molecule is COc1cc2c(cc1OC)[C@H](CCc1ccc(OC(F)(F)F)cc1)NCC2. The van der Waals surface area contributed by atoms with Crippen molar-refractivity contribution in [3.05, 3.63) is 53.1 Å². The van der Waals surface area contributed by atoms with Gasteiger partial charge >= 0.3 is 6.36 Å². The molecule has 0 amide bonds. The number of hydrogen-bond donors (Lipinski definition) is 1. The lowest BCUT2D eigenvalue weighted by atomic mass is 9.90. The van der Waals surface area contributed by atoms with Crippen LogP contribution in [0.5, 0.6) is 17.2 Å². The van der Waals surface area contributed by atoms with Crippen LogP contribution in [0, 0.1) is 0 Å². The minimum atomic E-state index is -4.67. The fourth-order valence-corrected chi connectivity index (χ4v) is 3.40. The van der Waals surface area contributed by atoms with Crippen LogP contribution in [0.15, 0.2) is 36.4 Å². The monoisotopic (exact) mass is 381 g/mol. The number of methoxy groups -OCH3 is 2. The van der Waals surface area contributed by atoms with E-state index in [-0.39, 0.29) is 11.8 Å². The van der Waals surface area contributed by atoms with E-state index in [0.29, 0.717) is 5.75 Å². The molecule has 7 heteroatoms. The number of fused-ring (bicyclic) bond motifs is 1. The summed E-state index contributed by atoms with van der Waals surface area (Å²) >= 11 is 0. The molecule has 0 aliphatic carbocycles. The molecule has 146 valence electrons. The standard InChI is InChI=1S/C20H22F3NO3/c1-25-18-11-14-9-10-24-17(16(14)12-19(18)26-2)8-5-13-3-6-15(7-4-13)27-20(21,22)23/h3-4,6-7,11-12,17,24H,5,8-10H2,1-2H3/t17-/m0/s1. The Morgan fingerprint density at radius 2 is 1.70 bits per heavy atom. The Bertz CT molecular complexity index is 775. The van der Waals surface area contributed by atoms with Crippen LogP contribution in [0.2, 0.25) is 0 Å². The van der Waals surface area contributed by atoms with Crippen LogP contribution in [0.4, 0.5) is 13.2 Å². The molecule has 0 saturated heterocycles. The quantitative estimate of drug-likeness (QED) is 0.804. The molecule has 0 radical (unpaired) electrons. The van der Waals surface area contributed by atoms with Crippen LogP contribution >= 0.6 is 0 Å². The molecule has 0 spiro atoms. The van der Waals surface area contributed by atoms with Crippen molar-refractivity contribution >= 4 is 0 Å². The number of nitrogens with one attached hydrogen (secondary N) is 1. The van der Waals surface area contributed by atoms with E-state index in [1.54, 1.807) is 26.4 Å². The van der Waals surface area contributed by atoms with Crippen molar-refractivity contribution < 1.29 is 27.4 Å². The maximum Gasteiger partial charge on any atom is 0.573 e. The molecule has 0 aromatic heterocycles. The van der Waals surface area contributed by atoms with Gasteiger partial charge in [0, 0.05) is 6.04 Å². The lowest BCUT2D eigenvalue weighted by Gasteiger charge is -2.28. The summed E-state index contributed by atoms with van der Waals surface area (Å²) in [6.07, 6.45) is -2.20. The molecule has 1 atom stereocenters. The van der Waals surface area contributed by atoms with Crippen LogP contribution in [0.1, 0.15) is 29.2 Å². The highest BCUT2D eigenvalue weighted by atomic mass is 19.4. The number of rotatable bonds is 6. The van der Waals surface area contributed by atoms with E-state index in [2.05, 4.69) is 10.1 Å². The molecule has 0 saturated carbocycles. The van der Waals surface area contributed by atoms with Gasteiger partial charge in [-0.05, 0) is 66.8 Å². The normalized spacial score (nSPS) is 16.6. The summed E-state index contributed by atoms with van der Waals surface area (Å²) in [7, 11) is 3.23. The average Bonchev–Trinajstić information content (AvgIpc) is 2.65. The van der Waals surface area contributed by atoms with Gasteiger partial charge in [0.25, 0.3) is 0 Å². The summed E-state index contributed by atoms with van der Waals surface area (Å²) in [6, 6.07) is 10.2. The first-order valence-corrected chi connectivity index (χ1v) is 8.72. The van der Waals surface area contributed by atoms with E-state index in [1.807, 2.05) is 12.1 Å². The first kappa shape index (κ1) is 19.4. The topological polar surface area (TPSA) is 39.7 Å². The van der Waals surface area contributed by atoms with Gasteiger partial charge in [0.05, 0.1) is 14.2 Å². The highest BCUT2D eigenvalue weighted by Gasteiger charge is 2.31. The zero-order valence-electron chi connectivity index (χ0n) is 15.2. The molecule has 4 nitrogen and oxygen atoms in total. The smallest absolute Gasteiger partial charge is 0.493 e. The summed E-state index contributed by atoms with van der Waals surface area (Å²) in [5.41, 5.74) is 3.36. The van der Waals surface area contributed by atoms with Crippen LogP contribution in [-0.4, -0.2) is 27.1 Å². The molecular formula is C20H22F3NO3. The second-order valence-electron chi connectivity index (χ2n) is 6.39. The van der Waals surface area contributed by atoms with Gasteiger partial charge in [0.1, 0.15) is 5.75 Å². The summed E-state index contributed by atoms with van der Waals surface area (Å²) < 4.78 is 51.4. The molecule has 0 bridgehead atoms. The van der Waals surface area contributed by atoms with Gasteiger partial charge in [-0.1, -0.05) is 12.1 Å². The summed E-state index contributed by atoms with van der Waals surface area (Å²) in [5, 5.41) is 3.51. The highest BCUT2D eigenvalue weighted by Crippen LogP contribution is 2.36. The van der Waals surface area contributed by atoms with Crippen molar-refractivity contribution in [3.8, 4) is 17.2 Å². The van der Waals surface area contributed by atoms with E-state index in [4.69, 9.17) is 9.47 Å². The zero-order valence-corrected chi connectivity index (χ0v) is 15.2. The first-order valence-electron chi connectivity index (χ1n) is 8.72. The van der Waals surface area contributed by atoms with Crippen molar-refractivity contribution in [2.45, 2.75) is 31.7 Å². The predicted octanol–water partition coefficient (Wildman–Crippen LogP) is 4.42. The summed E-state index contributed by atoms with van der Waals surface area (Å²) in [6.45, 7) is 0.867. The van der Waals surface area contributed by atoms with Crippen molar-refractivity contribution in [2.24, 2.45) is 0 Å². The predicted molar refractivity (Wildman–Crippen MR) is 95.4 cm³/mol. The van der Waals surface area contributed by atoms with E-state index in [1.165, 1.54) is 23.3 Å². The summed E-state index contributed by atoms with van der Waals surface area (Å²) in [5.74, 6) is 1.21. The third-order valence-electron chi connectivity index (χ3n) is 4.68. The van der Waals surface area contributed by atoms with Gasteiger partial charge in [-0.3, -0.25) is 0 Å². The van der Waals surface area contributed by atoms with Crippen LogP contribution in [-0.2, 0) is 12.8 Å². The zero-order chi connectivity index (χ0) is 19.4. The highest BCUT2D eigenvalue weighted by molar-refractivity contribution is 5.49. The minimum absolute atomic E-state index is 0.152. The molecule has 1 aliphatic heterocycles. The summed E-state index contributed by atoms with van der Waals surface area (Å²) in [4.78, 5) is 0. The molecule has 1 N–H and O–H groups in total. The van der Waals surface area contributed by atoms with Gasteiger partial charge in [0.15, 0.2) is 11.5 Å². The van der Waals surface area contributed by atoms with E-state index >= 15 is 0 Å². The number of ether oxygens (including phenoxy) is 3. The van der Waals surface area contributed by atoms with E-state index < -0.39 is 6.36 Å². The number of benzene rings is 2. The average molecular weight is 381 g/mol. The second-order valence-corrected chi connectivity index (χ2v) is 6.39. The maximum absolute atomic E-state index is 12.2. The van der Waals surface area contributed by atoms with Gasteiger partial charge in [-0.25, -0.2) is 0 Å². The Kier molecular flexibility index (Phi) is 5.79. The molecule has 27 heavy (non-hydrogen) atoms. The van der Waals surface area contributed by atoms with Crippen molar-refractivity contribution in [1.29, 1.82) is 0 Å². The van der Waals surface area contributed by atoms with Gasteiger partial charge in [0.2, 0.25) is 0 Å². The molecule has 2 aromatic carbocycles. The van der Waals surface area contributed by atoms with Crippen molar-refractivity contribution in [3.63, 3.8) is 0 Å². The molecule has 0 fully saturated rings. The number of halogens is 3. The van der Waals surface area contributed by atoms with Crippen molar-refractivity contribution in [1.82, 2.24) is 5.32 Å². The van der Waals surface area contributed by atoms with E-state index in [9.17, 15) is 13.2 Å². The minimum Gasteiger partial charge on any atom is -0.493 e. The molecule has 1 aliphatic rings. The maximum atomic E-state index is 12.2. The largest absolute Gasteiger partial charge is 0.573 e. The molecule has 1 heterocycles. The lowest BCUT2D eigenvalue weighted by Crippen LogP contribution is -2.30. The number of hydrogen-bond acceptors (Lipinski definition) is 4. The molecule has 3 rings (SSSR count). The first-order chi connectivity index (χ1) is 12.9. The Morgan fingerprint density at radius 3 is 2.33 bits per heavy atom. The van der Waals surface area contributed by atoms with Crippen LogP contribution < -0.4 is 19.5 Å². The third kappa shape index (κ3) is 4.86. The Balaban J connectivity index is 1.69. The van der Waals surface area contributed by atoms with Crippen LogP contribution in [0.25, 0.3) is 0 Å². The third-order valence-corrected chi connectivity index (χ3v) is 4.68. The van der Waals surface area contributed by atoms with Gasteiger partial charge in [-0.15, -0.1) is 13.2 Å². The number of aryl methyl sites for hydroxylation is 1. The van der Waals surface area contributed by atoms with Crippen LogP contribution in [0.3, 0.4) is 0 Å². The second kappa shape index (κ2) is 8.08. The van der Waals surface area contributed by atoms with Crippen molar-refractivity contribution in [2.75, 3.05) is 20.8 Å². The fourth-order valence-electron chi connectivity index (χ4n) is 3.40. The molecular weight excluding hydrogens is 359 g/mol. The van der Waals surface area contributed by atoms with Gasteiger partial charge < -0.3 is 19.5 Å². The molecule has 0 unspecified atom stereocenters. The Labute approximate surface area is 156 Å². The van der Waals surface area contributed by atoms with E-state index in [0.717, 1.165) is 37.1 Å². The Morgan fingerprint density at radius 1 is 1.04 bits per heavy atom. The lowest BCUT2D eigenvalue weighted by molar-refractivity contribution is -0.274. The number of alkyl halides is 3. The fraction of sp³-hybridized carbons (Fsp3) is 0.400. The Hall–Kier alpha value is -2.41. The van der Waals surface area contributed by atoms with Gasteiger partial charge in [-0.2, -0.15) is 0 Å².